The van der Waals surface area contributed by atoms with Gasteiger partial charge in [0.25, 0.3) is 0 Å². The molecule has 6 heterocycles. The summed E-state index contributed by atoms with van der Waals surface area (Å²) in [6, 6.07) is 64.8. The molecule has 0 unspecified atom stereocenters. The number of aromatic nitrogens is 6. The summed E-state index contributed by atoms with van der Waals surface area (Å²) in [5, 5.41) is 5.63. The summed E-state index contributed by atoms with van der Waals surface area (Å²) < 4.78 is 10.9. The minimum absolute atomic E-state index is 0. The van der Waals surface area contributed by atoms with Gasteiger partial charge >= 0.3 is 21.1 Å². The Morgan fingerprint density at radius 2 is 0.733 bits per heavy atom. The molecule has 0 fully saturated rings. The molecule has 0 radical (unpaired) electrons. The number of rotatable bonds is 6. The predicted octanol–water partition coefficient (Wildman–Crippen LogP) is 12.4. The molecular weight excluding hydrogens is 920 g/mol. The summed E-state index contributed by atoms with van der Waals surface area (Å²) in [5.41, 5.74) is 11.0. The zero-order chi connectivity index (χ0) is 38.9. The molecule has 0 saturated carbocycles. The van der Waals surface area contributed by atoms with E-state index in [-0.39, 0.29) is 21.1 Å². The maximum absolute atomic E-state index is 6.64. The van der Waals surface area contributed by atoms with Crippen molar-refractivity contribution in [3.63, 3.8) is 0 Å². The average Bonchev–Trinajstić information content (AvgIpc) is 3.97. The zero-order valence-electron chi connectivity index (χ0n) is 31.7. The van der Waals surface area contributed by atoms with Crippen LogP contribution in [0.2, 0.25) is 0 Å². The van der Waals surface area contributed by atoms with Crippen molar-refractivity contribution in [1.29, 1.82) is 0 Å². The van der Waals surface area contributed by atoms with Gasteiger partial charge in [-0.25, -0.2) is 9.97 Å². The van der Waals surface area contributed by atoms with Crippen LogP contribution in [0.15, 0.2) is 182 Å². The SMILES string of the molecule is [Pt+2].[c-]1c(Oc2[c-]c3c(cc2)c2ccc(-c4ccccc4)nc2n2c(-c4ccccc4)cnc32)ccc2c1c1ncc(-c3ccccc3)n1c1nc(-c3ccccc3)ccc21. The van der Waals surface area contributed by atoms with Crippen LogP contribution in [0.4, 0.5) is 0 Å². The Labute approximate surface area is 358 Å². The van der Waals surface area contributed by atoms with Crippen LogP contribution in [0.5, 0.6) is 11.5 Å². The molecule has 60 heavy (non-hydrogen) atoms. The van der Waals surface area contributed by atoms with Crippen LogP contribution in [0.25, 0.3) is 99.9 Å². The van der Waals surface area contributed by atoms with Crippen molar-refractivity contribution < 1.29 is 25.8 Å². The number of pyridine rings is 4. The maximum Gasteiger partial charge on any atom is 2.00 e. The Kier molecular flexibility index (Phi) is 8.57. The summed E-state index contributed by atoms with van der Waals surface area (Å²) in [6.45, 7) is 0. The molecule has 8 heteroatoms. The van der Waals surface area contributed by atoms with E-state index in [9.17, 15) is 0 Å². The maximum atomic E-state index is 6.64. The van der Waals surface area contributed by atoms with Gasteiger partial charge < -0.3 is 13.5 Å². The molecule has 0 saturated heterocycles. The van der Waals surface area contributed by atoms with Gasteiger partial charge in [0.15, 0.2) is 0 Å². The van der Waals surface area contributed by atoms with E-state index >= 15 is 0 Å². The average molecular weight is 950 g/mol. The Morgan fingerprint density at radius 1 is 0.367 bits per heavy atom. The normalized spacial score (nSPS) is 11.5. The molecule has 0 N–H and O–H groups in total. The van der Waals surface area contributed by atoms with Crippen LogP contribution >= 0.6 is 0 Å². The van der Waals surface area contributed by atoms with Crippen LogP contribution in [0, 0.1) is 12.1 Å². The van der Waals surface area contributed by atoms with E-state index in [0.29, 0.717) is 11.5 Å². The van der Waals surface area contributed by atoms with Gasteiger partial charge in [0.1, 0.15) is 11.3 Å². The largest absolute Gasteiger partial charge is 2.00 e. The monoisotopic (exact) mass is 949 g/mol. The van der Waals surface area contributed by atoms with Crippen molar-refractivity contribution in [1.82, 2.24) is 28.7 Å². The van der Waals surface area contributed by atoms with Crippen molar-refractivity contribution in [3.8, 4) is 56.5 Å². The fourth-order valence-electron chi connectivity index (χ4n) is 8.30. The Morgan fingerprint density at radius 3 is 1.13 bits per heavy atom. The van der Waals surface area contributed by atoms with Crippen molar-refractivity contribution >= 4 is 54.9 Å². The van der Waals surface area contributed by atoms with Crippen molar-refractivity contribution in [2.24, 2.45) is 0 Å². The van der Waals surface area contributed by atoms with Gasteiger partial charge in [-0.15, -0.1) is 12.1 Å². The van der Waals surface area contributed by atoms with Crippen LogP contribution < -0.4 is 4.74 Å². The molecule has 0 bridgehead atoms. The third-order valence-corrected chi connectivity index (χ3v) is 11.1. The van der Waals surface area contributed by atoms with Crippen molar-refractivity contribution in [2.75, 3.05) is 0 Å². The fraction of sp³-hybridized carbons (Fsp3) is 0. The van der Waals surface area contributed by atoms with Gasteiger partial charge in [-0.1, -0.05) is 179 Å². The standard InChI is InChI=1S/C52H30N6O.Pt/c1-5-13-33(14-6-1)45-27-25-41-39-23-21-37(29-43(39)49-53-31-47(57(49)51(41)55-45)35-17-9-3-10-18-35)59-38-22-24-40-42-26-28-46(34-15-7-2-8-16-34)56-52(42)58-48(36-19-11-4-12-20-36)32-54-50(58)44(40)30-38;/h1-28,31-32H;/q-2;+2. The first-order valence-corrected chi connectivity index (χ1v) is 19.5. The van der Waals surface area contributed by atoms with Crippen LogP contribution in [0.3, 0.4) is 0 Å². The molecule has 0 amide bonds. The van der Waals surface area contributed by atoms with E-state index < -0.39 is 0 Å². The van der Waals surface area contributed by atoms with E-state index in [1.165, 1.54) is 0 Å². The number of benzene rings is 6. The van der Waals surface area contributed by atoms with Crippen LogP contribution in [-0.2, 0) is 21.1 Å². The molecule has 0 aliphatic heterocycles. The number of hydrogen-bond acceptors (Lipinski definition) is 5. The second-order valence-electron chi connectivity index (χ2n) is 14.5. The molecule has 6 aromatic carbocycles. The van der Waals surface area contributed by atoms with E-state index in [1.807, 2.05) is 97.3 Å². The summed E-state index contributed by atoms with van der Waals surface area (Å²) in [4.78, 5) is 20.5. The minimum atomic E-state index is 0. The Bertz CT molecular complexity index is 3330. The molecule has 284 valence electrons. The predicted molar refractivity (Wildman–Crippen MR) is 235 cm³/mol. The number of ether oxygens (including phenoxy) is 1. The number of nitrogens with zero attached hydrogens (tertiary/aromatic N) is 6. The van der Waals surface area contributed by atoms with Crippen molar-refractivity contribution in [2.45, 2.75) is 0 Å². The van der Waals surface area contributed by atoms with E-state index in [2.05, 4.69) is 106 Å². The van der Waals surface area contributed by atoms with Gasteiger partial charge in [0.05, 0.1) is 34.1 Å². The summed E-state index contributed by atoms with van der Waals surface area (Å²) in [7, 11) is 0. The summed E-state index contributed by atoms with van der Waals surface area (Å²) in [6.07, 6.45) is 3.83. The third kappa shape index (κ3) is 5.77. The quantitative estimate of drug-likeness (QED) is 0.123. The second kappa shape index (κ2) is 14.4. The third-order valence-electron chi connectivity index (χ3n) is 11.1. The van der Waals surface area contributed by atoms with Gasteiger partial charge in [0.2, 0.25) is 0 Å². The molecule has 0 aliphatic carbocycles. The topological polar surface area (TPSA) is 69.6 Å². The first kappa shape index (κ1) is 35.7. The number of hydrogen-bond donors (Lipinski definition) is 0. The fourth-order valence-corrected chi connectivity index (χ4v) is 8.30. The number of imidazole rings is 2. The van der Waals surface area contributed by atoms with Crippen LogP contribution in [0.1, 0.15) is 0 Å². The molecule has 0 aliphatic rings. The molecule has 12 rings (SSSR count). The molecule has 6 aromatic heterocycles. The van der Waals surface area contributed by atoms with Gasteiger partial charge in [-0.05, 0) is 34.0 Å². The van der Waals surface area contributed by atoms with Crippen LogP contribution in [-0.4, -0.2) is 28.7 Å². The van der Waals surface area contributed by atoms with Gasteiger partial charge in [-0.2, -0.15) is 0 Å². The first-order valence-electron chi connectivity index (χ1n) is 19.5. The van der Waals surface area contributed by atoms with E-state index in [1.54, 1.807) is 0 Å². The Hall–Kier alpha value is -7.47. The van der Waals surface area contributed by atoms with Gasteiger partial charge in [0, 0.05) is 35.0 Å². The molecular formula is C52H30N6OPt. The molecule has 0 atom stereocenters. The van der Waals surface area contributed by atoms with E-state index in [0.717, 1.165) is 99.9 Å². The molecule has 7 nitrogen and oxygen atoms in total. The molecule has 12 aromatic rings. The van der Waals surface area contributed by atoms with E-state index in [4.69, 9.17) is 24.7 Å². The second-order valence-corrected chi connectivity index (χ2v) is 14.5. The minimum Gasteiger partial charge on any atom is -0.497 e. The zero-order valence-corrected chi connectivity index (χ0v) is 34.0. The Balaban J connectivity index is 0.00000408. The first-order chi connectivity index (χ1) is 29.2. The molecule has 0 spiro atoms. The van der Waals surface area contributed by atoms with Gasteiger partial charge in [-0.3, -0.25) is 9.97 Å². The summed E-state index contributed by atoms with van der Waals surface area (Å²) >= 11 is 0. The smallest absolute Gasteiger partial charge is 0.497 e. The number of fused-ring (bicyclic) bond motifs is 12. The van der Waals surface area contributed by atoms with Crippen molar-refractivity contribution in [3.05, 3.63) is 194 Å². The summed E-state index contributed by atoms with van der Waals surface area (Å²) in [5.74, 6) is 1.10.